The molecule has 0 aliphatic heterocycles. The number of fused-ring (bicyclic) bond motifs is 1. The maximum absolute atomic E-state index is 13.6. The van der Waals surface area contributed by atoms with Crippen molar-refractivity contribution in [1.29, 1.82) is 0 Å². The smallest absolute Gasteiger partial charge is 0.335 e. The van der Waals surface area contributed by atoms with Crippen LogP contribution >= 0.6 is 0 Å². The zero-order valence-electron chi connectivity index (χ0n) is 14.5. The number of nitrogens with zero attached hydrogens (tertiary/aromatic N) is 5. The number of benzene rings is 1. The standard InChI is InChI=1S/C18H14F2N6O2/c1-21-14-6-7-25-15(22-14)8-13(23-25)12-9-26(24-16(12)17(19)20)11-4-2-10(3-5-11)18(27)28/h2-9,17H,1H3,(H,21,22)(H,27,28). The molecule has 0 radical (unpaired) electrons. The van der Waals surface area contributed by atoms with Gasteiger partial charge in [-0.05, 0) is 30.3 Å². The topological polar surface area (TPSA) is 97.3 Å². The van der Waals surface area contributed by atoms with E-state index in [2.05, 4.69) is 20.5 Å². The van der Waals surface area contributed by atoms with Crippen LogP contribution in [0.5, 0.6) is 0 Å². The number of anilines is 1. The van der Waals surface area contributed by atoms with Gasteiger partial charge in [0.15, 0.2) is 5.65 Å². The summed E-state index contributed by atoms with van der Waals surface area (Å²) in [6.45, 7) is 0. The van der Waals surface area contributed by atoms with E-state index >= 15 is 0 Å². The minimum Gasteiger partial charge on any atom is -0.478 e. The quantitative estimate of drug-likeness (QED) is 0.548. The van der Waals surface area contributed by atoms with Gasteiger partial charge < -0.3 is 10.4 Å². The van der Waals surface area contributed by atoms with Gasteiger partial charge in [-0.15, -0.1) is 0 Å². The predicted molar refractivity (Wildman–Crippen MR) is 97.0 cm³/mol. The highest BCUT2D eigenvalue weighted by Crippen LogP contribution is 2.31. The van der Waals surface area contributed by atoms with E-state index in [-0.39, 0.29) is 11.1 Å². The van der Waals surface area contributed by atoms with E-state index in [0.29, 0.717) is 22.8 Å². The van der Waals surface area contributed by atoms with Crippen LogP contribution in [-0.2, 0) is 0 Å². The van der Waals surface area contributed by atoms with Crippen molar-refractivity contribution in [3.05, 3.63) is 60.0 Å². The Morgan fingerprint density at radius 3 is 2.57 bits per heavy atom. The Hall–Kier alpha value is -3.82. The Balaban J connectivity index is 1.79. The average Bonchev–Trinajstić information content (AvgIpc) is 3.31. The molecule has 3 heterocycles. The summed E-state index contributed by atoms with van der Waals surface area (Å²) in [7, 11) is 1.73. The van der Waals surface area contributed by atoms with E-state index < -0.39 is 18.1 Å². The van der Waals surface area contributed by atoms with Gasteiger partial charge in [0, 0.05) is 31.1 Å². The van der Waals surface area contributed by atoms with Crippen molar-refractivity contribution >= 4 is 17.4 Å². The number of aromatic carboxylic acids is 1. The predicted octanol–water partition coefficient (Wildman–Crippen LogP) is 3.26. The zero-order valence-corrected chi connectivity index (χ0v) is 14.5. The summed E-state index contributed by atoms with van der Waals surface area (Å²) in [5.41, 5.74) is 1.12. The van der Waals surface area contributed by atoms with Gasteiger partial charge in [0.1, 0.15) is 11.5 Å². The fourth-order valence-electron chi connectivity index (χ4n) is 2.79. The van der Waals surface area contributed by atoms with Crippen LogP contribution in [-0.4, -0.2) is 42.5 Å². The Morgan fingerprint density at radius 2 is 1.93 bits per heavy atom. The maximum atomic E-state index is 13.6. The van der Waals surface area contributed by atoms with Gasteiger partial charge >= 0.3 is 5.97 Å². The van der Waals surface area contributed by atoms with Gasteiger partial charge in [-0.3, -0.25) is 0 Å². The first-order valence-electron chi connectivity index (χ1n) is 8.22. The molecule has 0 saturated heterocycles. The molecule has 2 N–H and O–H groups in total. The van der Waals surface area contributed by atoms with Crippen molar-refractivity contribution in [2.75, 3.05) is 12.4 Å². The molecule has 0 atom stereocenters. The minimum atomic E-state index is -2.81. The van der Waals surface area contributed by atoms with E-state index in [0.717, 1.165) is 0 Å². The highest BCUT2D eigenvalue weighted by molar-refractivity contribution is 5.87. The first-order valence-corrected chi connectivity index (χ1v) is 8.22. The monoisotopic (exact) mass is 384 g/mol. The number of alkyl halides is 2. The lowest BCUT2D eigenvalue weighted by Crippen LogP contribution is -1.99. The van der Waals surface area contributed by atoms with Crippen molar-refractivity contribution in [2.24, 2.45) is 0 Å². The van der Waals surface area contributed by atoms with Gasteiger partial charge in [0.2, 0.25) is 0 Å². The van der Waals surface area contributed by atoms with Gasteiger partial charge in [-0.25, -0.2) is 27.8 Å². The molecule has 0 aliphatic carbocycles. The molecule has 142 valence electrons. The minimum absolute atomic E-state index is 0.0944. The molecule has 3 aromatic heterocycles. The van der Waals surface area contributed by atoms with Gasteiger partial charge in [-0.2, -0.15) is 10.2 Å². The van der Waals surface area contributed by atoms with E-state index in [4.69, 9.17) is 5.11 Å². The number of nitrogens with one attached hydrogen (secondary N) is 1. The molecule has 8 nitrogen and oxygen atoms in total. The van der Waals surface area contributed by atoms with Crippen molar-refractivity contribution in [1.82, 2.24) is 24.4 Å². The Bertz CT molecular complexity index is 1170. The van der Waals surface area contributed by atoms with Crippen molar-refractivity contribution in [2.45, 2.75) is 6.43 Å². The second-order valence-electron chi connectivity index (χ2n) is 5.92. The molecular weight excluding hydrogens is 370 g/mol. The van der Waals surface area contributed by atoms with Crippen LogP contribution < -0.4 is 5.32 Å². The molecule has 0 fully saturated rings. The fraction of sp³-hybridized carbons (Fsp3) is 0.111. The lowest BCUT2D eigenvalue weighted by Gasteiger charge is -2.01. The molecule has 0 unspecified atom stereocenters. The van der Waals surface area contributed by atoms with Crippen molar-refractivity contribution < 1.29 is 18.7 Å². The first kappa shape index (κ1) is 17.6. The molecule has 0 saturated carbocycles. The highest BCUT2D eigenvalue weighted by atomic mass is 19.3. The van der Waals surface area contributed by atoms with Crippen LogP contribution in [0, 0.1) is 0 Å². The fourth-order valence-corrected chi connectivity index (χ4v) is 2.79. The molecule has 0 amide bonds. The van der Waals surface area contributed by atoms with Crippen molar-refractivity contribution in [3.63, 3.8) is 0 Å². The molecule has 0 bridgehead atoms. The number of aromatic nitrogens is 5. The average molecular weight is 384 g/mol. The third-order valence-electron chi connectivity index (χ3n) is 4.19. The van der Waals surface area contributed by atoms with E-state index in [9.17, 15) is 13.6 Å². The largest absolute Gasteiger partial charge is 0.478 e. The van der Waals surface area contributed by atoms with Crippen LogP contribution in [0.25, 0.3) is 22.6 Å². The summed E-state index contributed by atoms with van der Waals surface area (Å²) in [6.07, 6.45) is 0.312. The third-order valence-corrected chi connectivity index (χ3v) is 4.19. The highest BCUT2D eigenvalue weighted by Gasteiger charge is 2.22. The normalized spacial score (nSPS) is 11.3. The summed E-state index contributed by atoms with van der Waals surface area (Å²) in [5, 5.41) is 20.2. The second-order valence-corrected chi connectivity index (χ2v) is 5.92. The Kier molecular flexibility index (Phi) is 4.22. The van der Waals surface area contributed by atoms with Crippen LogP contribution in [0.3, 0.4) is 0 Å². The van der Waals surface area contributed by atoms with Gasteiger partial charge in [-0.1, -0.05) is 0 Å². The lowest BCUT2D eigenvalue weighted by atomic mass is 10.2. The summed E-state index contributed by atoms with van der Waals surface area (Å²) in [6, 6.07) is 9.08. The molecule has 28 heavy (non-hydrogen) atoms. The van der Waals surface area contributed by atoms with Gasteiger partial charge in [0.25, 0.3) is 6.43 Å². The number of halogens is 2. The molecule has 4 rings (SSSR count). The number of carbonyl (C=O) groups is 1. The van der Waals surface area contributed by atoms with E-state index in [1.54, 1.807) is 25.4 Å². The van der Waals surface area contributed by atoms with Crippen LogP contribution in [0.15, 0.2) is 48.8 Å². The van der Waals surface area contributed by atoms with Gasteiger partial charge in [0.05, 0.1) is 16.9 Å². The maximum Gasteiger partial charge on any atom is 0.335 e. The number of carboxylic acids is 1. The summed E-state index contributed by atoms with van der Waals surface area (Å²) in [4.78, 5) is 15.3. The first-order chi connectivity index (χ1) is 13.5. The summed E-state index contributed by atoms with van der Waals surface area (Å²) >= 11 is 0. The van der Waals surface area contributed by atoms with Crippen LogP contribution in [0.4, 0.5) is 14.6 Å². The lowest BCUT2D eigenvalue weighted by molar-refractivity contribution is 0.0697. The van der Waals surface area contributed by atoms with Crippen LogP contribution in [0.1, 0.15) is 22.5 Å². The number of hydrogen-bond acceptors (Lipinski definition) is 5. The molecule has 0 spiro atoms. The SMILES string of the molecule is CNc1ccn2nc(-c3cn(-c4ccc(C(=O)O)cc4)nc3C(F)F)cc2n1. The third kappa shape index (κ3) is 3.04. The molecule has 10 heteroatoms. The Labute approximate surface area is 157 Å². The molecule has 4 aromatic rings. The van der Waals surface area contributed by atoms with E-state index in [1.807, 2.05) is 0 Å². The molecule has 0 aliphatic rings. The van der Waals surface area contributed by atoms with Crippen molar-refractivity contribution in [3.8, 4) is 16.9 Å². The summed E-state index contributed by atoms with van der Waals surface area (Å²) in [5.74, 6) is -0.443. The van der Waals surface area contributed by atoms with Crippen LogP contribution in [0.2, 0.25) is 0 Å². The molecule has 1 aromatic carbocycles. The number of hydrogen-bond donors (Lipinski definition) is 2. The zero-order chi connectivity index (χ0) is 19.8. The molecular formula is C18H14F2N6O2. The summed E-state index contributed by atoms with van der Waals surface area (Å²) < 4.78 is 29.9. The number of carboxylic acid groups (broad SMARTS) is 1. The van der Waals surface area contributed by atoms with E-state index in [1.165, 1.54) is 39.7 Å². The number of rotatable bonds is 5. The second kappa shape index (κ2) is 6.72. The Morgan fingerprint density at radius 1 is 1.18 bits per heavy atom.